The van der Waals surface area contributed by atoms with Gasteiger partial charge in [0, 0.05) is 32.8 Å². The summed E-state index contributed by atoms with van der Waals surface area (Å²) in [6.07, 6.45) is -0.00705. The van der Waals surface area contributed by atoms with Crippen molar-refractivity contribution in [3.05, 3.63) is 42.0 Å². The van der Waals surface area contributed by atoms with Gasteiger partial charge in [-0.05, 0) is 51.2 Å². The lowest BCUT2D eigenvalue weighted by molar-refractivity contribution is -0.294. The van der Waals surface area contributed by atoms with Gasteiger partial charge in [0.05, 0.1) is 16.6 Å². The summed E-state index contributed by atoms with van der Waals surface area (Å²) in [7, 11) is 0. The molecule has 1 aromatic carbocycles. The van der Waals surface area contributed by atoms with E-state index in [1.54, 1.807) is 6.08 Å². The standard InChI is InChI=1S/C30H38O9/c1-17-15-23(35-18(2)31)26(37-20(4)33)29(7)27(38-24(34)14-13-21-11-9-8-10-12-21)25(36-19(3)32)22-16-30(17,29)39-28(22,5)6/h8-14,17,22-23,25-27H,15-16H2,1-7H3/b14-13+/t17-,22+,23+,25-,26+,27-,29+,30+/m1/s1. The Morgan fingerprint density at radius 2 is 1.49 bits per heavy atom. The second-order valence-electron chi connectivity index (χ2n) is 11.7. The van der Waals surface area contributed by atoms with Crippen molar-refractivity contribution in [1.29, 1.82) is 0 Å². The first-order valence-corrected chi connectivity index (χ1v) is 13.4. The van der Waals surface area contributed by atoms with E-state index in [0.29, 0.717) is 12.8 Å². The number of esters is 4. The van der Waals surface area contributed by atoms with Crippen molar-refractivity contribution in [2.24, 2.45) is 17.3 Å². The van der Waals surface area contributed by atoms with Crippen LogP contribution in [0, 0.1) is 17.3 Å². The Morgan fingerprint density at radius 3 is 2.08 bits per heavy atom. The molecule has 0 N–H and O–H groups in total. The molecule has 0 radical (unpaired) electrons. The quantitative estimate of drug-likeness (QED) is 0.299. The fourth-order valence-electron chi connectivity index (χ4n) is 7.20. The Bertz CT molecular complexity index is 1160. The maximum atomic E-state index is 13.3. The van der Waals surface area contributed by atoms with Gasteiger partial charge in [-0.1, -0.05) is 37.3 Å². The van der Waals surface area contributed by atoms with Gasteiger partial charge >= 0.3 is 23.9 Å². The lowest BCUT2D eigenvalue weighted by Gasteiger charge is -2.62. The molecule has 3 fully saturated rings. The Labute approximate surface area is 229 Å². The second-order valence-corrected chi connectivity index (χ2v) is 11.7. The molecular formula is C30H38O9. The van der Waals surface area contributed by atoms with Gasteiger partial charge in [0.15, 0.2) is 12.2 Å². The van der Waals surface area contributed by atoms with Crippen LogP contribution in [0.25, 0.3) is 6.08 Å². The van der Waals surface area contributed by atoms with E-state index in [0.717, 1.165) is 5.56 Å². The molecule has 0 unspecified atom stereocenters. The number of ether oxygens (including phenoxy) is 5. The minimum Gasteiger partial charge on any atom is -0.459 e. The number of fused-ring (bicyclic) bond motifs is 1. The van der Waals surface area contributed by atoms with E-state index >= 15 is 0 Å². The van der Waals surface area contributed by atoms with E-state index in [2.05, 4.69) is 0 Å². The van der Waals surface area contributed by atoms with Crippen LogP contribution in [0.4, 0.5) is 0 Å². The molecule has 0 amide bonds. The number of hydrogen-bond donors (Lipinski definition) is 0. The smallest absolute Gasteiger partial charge is 0.331 e. The Kier molecular flexibility index (Phi) is 7.69. The second kappa shape index (κ2) is 10.4. The van der Waals surface area contributed by atoms with Gasteiger partial charge in [-0.25, -0.2) is 4.79 Å². The molecule has 3 aliphatic rings. The highest BCUT2D eigenvalue weighted by atomic mass is 16.6. The molecule has 2 aliphatic carbocycles. The van der Waals surface area contributed by atoms with Crippen LogP contribution in [0.15, 0.2) is 36.4 Å². The van der Waals surface area contributed by atoms with Crippen LogP contribution >= 0.6 is 0 Å². The molecule has 1 spiro atoms. The molecule has 2 bridgehead atoms. The van der Waals surface area contributed by atoms with Gasteiger partial charge in [-0.3, -0.25) is 14.4 Å². The van der Waals surface area contributed by atoms with Crippen LogP contribution in [-0.4, -0.2) is 59.5 Å². The van der Waals surface area contributed by atoms with Crippen molar-refractivity contribution >= 4 is 30.0 Å². The van der Waals surface area contributed by atoms with E-state index in [9.17, 15) is 19.2 Å². The third-order valence-corrected chi connectivity index (χ3v) is 8.74. The van der Waals surface area contributed by atoms with E-state index < -0.39 is 64.9 Å². The van der Waals surface area contributed by atoms with Crippen molar-refractivity contribution in [3.8, 4) is 0 Å². The van der Waals surface area contributed by atoms with Crippen LogP contribution in [0.3, 0.4) is 0 Å². The Hall–Kier alpha value is -3.20. The third-order valence-electron chi connectivity index (χ3n) is 8.74. The Balaban J connectivity index is 1.85. The molecule has 212 valence electrons. The number of rotatable bonds is 6. The molecule has 9 nitrogen and oxygen atoms in total. The van der Waals surface area contributed by atoms with Crippen molar-refractivity contribution in [2.45, 2.75) is 96.9 Å². The highest BCUT2D eigenvalue weighted by molar-refractivity contribution is 5.87. The van der Waals surface area contributed by atoms with Crippen molar-refractivity contribution in [3.63, 3.8) is 0 Å². The van der Waals surface area contributed by atoms with Gasteiger partial charge in [-0.2, -0.15) is 0 Å². The largest absolute Gasteiger partial charge is 0.459 e. The van der Waals surface area contributed by atoms with Crippen molar-refractivity contribution < 1.29 is 42.9 Å². The van der Waals surface area contributed by atoms with Gasteiger partial charge in [0.2, 0.25) is 0 Å². The first-order valence-electron chi connectivity index (χ1n) is 13.4. The molecule has 9 heteroatoms. The van der Waals surface area contributed by atoms with E-state index in [4.69, 9.17) is 23.7 Å². The zero-order valence-corrected chi connectivity index (χ0v) is 23.6. The van der Waals surface area contributed by atoms with Crippen molar-refractivity contribution in [1.82, 2.24) is 0 Å². The fraction of sp³-hybridized carbons (Fsp3) is 0.600. The maximum absolute atomic E-state index is 13.3. The first-order chi connectivity index (χ1) is 18.2. The average molecular weight is 543 g/mol. The normalized spacial score (nSPS) is 36.5. The maximum Gasteiger partial charge on any atom is 0.331 e. The predicted molar refractivity (Wildman–Crippen MR) is 140 cm³/mol. The van der Waals surface area contributed by atoms with Crippen LogP contribution < -0.4 is 0 Å². The molecule has 1 aromatic rings. The van der Waals surface area contributed by atoms with Crippen LogP contribution in [0.1, 0.15) is 66.9 Å². The van der Waals surface area contributed by atoms with E-state index in [-0.39, 0.29) is 11.8 Å². The first kappa shape index (κ1) is 28.8. The SMILES string of the molecule is CC(=O)O[C@H]1[C@@H](OC(=O)/C=C/c2ccccc2)[C@]2(C)[C@@H](OC(C)=O)[C@@H](OC(C)=O)C[C@@H](C)[C@@]23C[C@@H]1C(C)(C)O3. The minimum absolute atomic E-state index is 0.178. The molecule has 0 aromatic heterocycles. The molecule has 39 heavy (non-hydrogen) atoms. The highest BCUT2D eigenvalue weighted by Crippen LogP contribution is 2.67. The number of benzene rings is 1. The summed E-state index contributed by atoms with van der Waals surface area (Å²) >= 11 is 0. The van der Waals surface area contributed by atoms with Crippen LogP contribution in [-0.2, 0) is 42.9 Å². The average Bonchev–Trinajstić information content (AvgIpc) is 3.11. The lowest BCUT2D eigenvalue weighted by Crippen LogP contribution is -2.74. The minimum atomic E-state index is -1.24. The summed E-state index contributed by atoms with van der Waals surface area (Å²) in [5, 5.41) is 0. The summed E-state index contributed by atoms with van der Waals surface area (Å²) < 4.78 is 30.5. The molecular weight excluding hydrogens is 504 g/mol. The fourth-order valence-corrected chi connectivity index (χ4v) is 7.20. The molecule has 2 saturated carbocycles. The summed E-state index contributed by atoms with van der Waals surface area (Å²) in [4.78, 5) is 50.2. The molecule has 8 atom stereocenters. The van der Waals surface area contributed by atoms with Gasteiger partial charge < -0.3 is 23.7 Å². The monoisotopic (exact) mass is 542 g/mol. The third kappa shape index (κ3) is 5.09. The molecule has 1 saturated heterocycles. The Morgan fingerprint density at radius 1 is 0.872 bits per heavy atom. The van der Waals surface area contributed by atoms with Crippen molar-refractivity contribution in [2.75, 3.05) is 0 Å². The summed E-state index contributed by atoms with van der Waals surface area (Å²) in [5.41, 5.74) is -2.12. The molecule has 1 aliphatic heterocycles. The molecule has 1 heterocycles. The number of hydrogen-bond acceptors (Lipinski definition) is 9. The summed E-state index contributed by atoms with van der Waals surface area (Å²) in [5.74, 6) is -2.79. The van der Waals surface area contributed by atoms with Gasteiger partial charge in [-0.15, -0.1) is 0 Å². The van der Waals surface area contributed by atoms with Gasteiger partial charge in [0.25, 0.3) is 0 Å². The zero-order chi connectivity index (χ0) is 28.8. The van der Waals surface area contributed by atoms with Crippen LogP contribution in [0.2, 0.25) is 0 Å². The van der Waals surface area contributed by atoms with E-state index in [1.165, 1.54) is 26.8 Å². The number of carbonyl (C=O) groups excluding carboxylic acids is 4. The zero-order valence-electron chi connectivity index (χ0n) is 23.6. The van der Waals surface area contributed by atoms with Crippen LogP contribution in [0.5, 0.6) is 0 Å². The topological polar surface area (TPSA) is 114 Å². The molecule has 4 rings (SSSR count). The van der Waals surface area contributed by atoms with Gasteiger partial charge in [0.1, 0.15) is 12.2 Å². The lowest BCUT2D eigenvalue weighted by atomic mass is 9.49. The highest BCUT2D eigenvalue weighted by Gasteiger charge is 2.78. The predicted octanol–water partition coefficient (Wildman–Crippen LogP) is 4.02. The summed E-state index contributed by atoms with van der Waals surface area (Å²) in [6.45, 7) is 11.5. The number of carbonyl (C=O) groups is 4. The summed E-state index contributed by atoms with van der Waals surface area (Å²) in [6, 6.07) is 9.28. The van der Waals surface area contributed by atoms with E-state index in [1.807, 2.05) is 58.0 Å².